The van der Waals surface area contributed by atoms with E-state index in [4.69, 9.17) is 9.47 Å². The molecule has 0 bridgehead atoms. The van der Waals surface area contributed by atoms with Gasteiger partial charge in [0.15, 0.2) is 0 Å². The Morgan fingerprint density at radius 3 is 1.96 bits per heavy atom. The van der Waals surface area contributed by atoms with E-state index in [-0.39, 0.29) is 5.91 Å². The molecule has 1 saturated heterocycles. The van der Waals surface area contributed by atoms with Gasteiger partial charge in [-0.25, -0.2) is 9.59 Å². The molecule has 0 aromatic carbocycles. The molecule has 1 fully saturated rings. The van der Waals surface area contributed by atoms with Crippen LogP contribution in [0.2, 0.25) is 0 Å². The van der Waals surface area contributed by atoms with Crippen LogP contribution in [0.25, 0.3) is 0 Å². The lowest BCUT2D eigenvalue weighted by molar-refractivity contribution is -0.182. The lowest BCUT2D eigenvalue weighted by Crippen LogP contribution is -2.37. The molecule has 1 aliphatic rings. The smallest absolute Gasteiger partial charge is 0.333 e. The lowest BCUT2D eigenvalue weighted by Gasteiger charge is -2.31. The molecule has 0 N–H and O–H groups in total. The van der Waals surface area contributed by atoms with E-state index in [0.29, 0.717) is 25.4 Å². The summed E-state index contributed by atoms with van der Waals surface area (Å²) in [7, 11) is 0. The van der Waals surface area contributed by atoms with E-state index in [9.17, 15) is 14.4 Å². The van der Waals surface area contributed by atoms with Gasteiger partial charge >= 0.3 is 11.9 Å². The van der Waals surface area contributed by atoms with Crippen molar-refractivity contribution in [1.29, 1.82) is 0 Å². The summed E-state index contributed by atoms with van der Waals surface area (Å²) in [5.74, 6) is -0.950. The Morgan fingerprint density at radius 2 is 1.52 bits per heavy atom. The number of likely N-dealkylation sites (tertiary alicyclic amines) is 1. The first kappa shape index (κ1) is 18.7. The Kier molecular flexibility index (Phi) is 7.80. The number of amides is 1. The van der Waals surface area contributed by atoms with Crippen molar-refractivity contribution in [2.45, 2.75) is 32.0 Å². The van der Waals surface area contributed by atoms with E-state index >= 15 is 0 Å². The summed E-state index contributed by atoms with van der Waals surface area (Å²) < 4.78 is 10.0. The van der Waals surface area contributed by atoms with E-state index < -0.39 is 18.2 Å². The van der Waals surface area contributed by atoms with Gasteiger partial charge in [0.2, 0.25) is 12.2 Å². The summed E-state index contributed by atoms with van der Waals surface area (Å²) in [6, 6.07) is 0. The van der Waals surface area contributed by atoms with Crippen molar-refractivity contribution < 1.29 is 23.9 Å². The number of nitrogens with zero attached hydrogens (tertiary/aromatic N) is 1. The van der Waals surface area contributed by atoms with Gasteiger partial charge in [-0.15, -0.1) is 0 Å². The zero-order valence-corrected chi connectivity index (χ0v) is 13.2. The van der Waals surface area contributed by atoms with Crippen LogP contribution in [0.4, 0.5) is 0 Å². The minimum absolute atomic E-state index is 0.0545. The number of esters is 2. The molecule has 0 unspecified atom stereocenters. The van der Waals surface area contributed by atoms with Crippen molar-refractivity contribution >= 4 is 17.8 Å². The lowest BCUT2D eigenvalue weighted by atomic mass is 9.92. The van der Waals surface area contributed by atoms with Crippen molar-refractivity contribution in [2.75, 3.05) is 13.1 Å². The molecule has 126 valence electrons. The third kappa shape index (κ3) is 6.50. The van der Waals surface area contributed by atoms with Gasteiger partial charge < -0.3 is 14.4 Å². The van der Waals surface area contributed by atoms with Gasteiger partial charge in [0, 0.05) is 31.7 Å². The fourth-order valence-electron chi connectivity index (χ4n) is 2.44. The molecule has 0 spiro atoms. The minimum atomic E-state index is -0.946. The SMILES string of the molecule is C=CC(=O)OC(CCC1CCN(C(=O)C=C)CC1)OC(=O)C=C. The normalized spacial score (nSPS) is 14.9. The van der Waals surface area contributed by atoms with Crippen LogP contribution in [0.15, 0.2) is 38.0 Å². The Bertz CT molecular complexity index is 455. The maximum atomic E-state index is 11.5. The van der Waals surface area contributed by atoms with Crippen molar-refractivity contribution in [3.63, 3.8) is 0 Å². The van der Waals surface area contributed by atoms with Crippen LogP contribution >= 0.6 is 0 Å². The van der Waals surface area contributed by atoms with Crippen molar-refractivity contribution in [3.8, 4) is 0 Å². The van der Waals surface area contributed by atoms with E-state index in [1.54, 1.807) is 4.90 Å². The van der Waals surface area contributed by atoms with Gasteiger partial charge in [-0.05, 0) is 31.3 Å². The summed E-state index contributed by atoms with van der Waals surface area (Å²) in [6.45, 7) is 11.5. The second-order valence-corrected chi connectivity index (χ2v) is 5.26. The number of carbonyl (C=O) groups is 3. The number of carbonyl (C=O) groups excluding carboxylic acids is 3. The molecular formula is C17H23NO5. The molecule has 23 heavy (non-hydrogen) atoms. The number of rotatable bonds is 8. The molecule has 0 atom stereocenters. The van der Waals surface area contributed by atoms with Crippen molar-refractivity contribution in [1.82, 2.24) is 4.90 Å². The second-order valence-electron chi connectivity index (χ2n) is 5.26. The zero-order chi connectivity index (χ0) is 17.2. The molecule has 1 heterocycles. The summed E-state index contributed by atoms with van der Waals surface area (Å²) in [5.41, 5.74) is 0. The predicted octanol–water partition coefficient (Wildman–Crippen LogP) is 1.98. The highest BCUT2D eigenvalue weighted by atomic mass is 16.7. The number of piperidine rings is 1. The predicted molar refractivity (Wildman–Crippen MR) is 85.1 cm³/mol. The summed E-state index contributed by atoms with van der Waals surface area (Å²) >= 11 is 0. The largest absolute Gasteiger partial charge is 0.422 e. The first-order valence-corrected chi connectivity index (χ1v) is 7.57. The fourth-order valence-corrected chi connectivity index (χ4v) is 2.44. The van der Waals surface area contributed by atoms with Gasteiger partial charge in [0.25, 0.3) is 0 Å². The van der Waals surface area contributed by atoms with Crippen LogP contribution < -0.4 is 0 Å². The maximum Gasteiger partial charge on any atom is 0.333 e. The molecule has 6 heteroatoms. The van der Waals surface area contributed by atoms with Crippen molar-refractivity contribution in [3.05, 3.63) is 38.0 Å². The van der Waals surface area contributed by atoms with Gasteiger partial charge in [-0.2, -0.15) is 0 Å². The zero-order valence-electron chi connectivity index (χ0n) is 13.2. The average Bonchev–Trinajstić information content (AvgIpc) is 2.58. The first-order chi connectivity index (χ1) is 11.0. The Hall–Kier alpha value is -2.37. The summed E-state index contributed by atoms with van der Waals surface area (Å²) in [6.07, 6.45) is 5.27. The highest BCUT2D eigenvalue weighted by Crippen LogP contribution is 2.23. The molecule has 0 aliphatic carbocycles. The van der Waals surface area contributed by atoms with Crippen LogP contribution in [0.5, 0.6) is 0 Å². The number of hydrogen-bond donors (Lipinski definition) is 0. The molecule has 1 aliphatic heterocycles. The minimum Gasteiger partial charge on any atom is -0.422 e. The highest BCUT2D eigenvalue weighted by Gasteiger charge is 2.24. The Morgan fingerprint density at radius 1 is 1.00 bits per heavy atom. The first-order valence-electron chi connectivity index (χ1n) is 7.57. The molecule has 0 saturated carbocycles. The Balaban J connectivity index is 2.45. The van der Waals surface area contributed by atoms with Gasteiger partial charge in [0.1, 0.15) is 0 Å². The van der Waals surface area contributed by atoms with Gasteiger partial charge in [0.05, 0.1) is 0 Å². The fraction of sp³-hybridized carbons (Fsp3) is 0.471. The number of ether oxygens (including phenoxy) is 2. The molecule has 0 radical (unpaired) electrons. The van der Waals surface area contributed by atoms with E-state index in [2.05, 4.69) is 19.7 Å². The molecule has 0 aromatic heterocycles. The van der Waals surface area contributed by atoms with Crippen LogP contribution in [0.3, 0.4) is 0 Å². The molecule has 1 amide bonds. The van der Waals surface area contributed by atoms with Crippen LogP contribution in [-0.2, 0) is 23.9 Å². The second kappa shape index (κ2) is 9.61. The van der Waals surface area contributed by atoms with Crippen LogP contribution in [-0.4, -0.2) is 42.1 Å². The van der Waals surface area contributed by atoms with Gasteiger partial charge in [-0.1, -0.05) is 19.7 Å². The highest BCUT2D eigenvalue weighted by molar-refractivity contribution is 5.87. The van der Waals surface area contributed by atoms with Crippen LogP contribution in [0.1, 0.15) is 25.7 Å². The topological polar surface area (TPSA) is 72.9 Å². The average molecular weight is 321 g/mol. The summed E-state index contributed by atoms with van der Waals surface area (Å²) in [5, 5.41) is 0. The monoisotopic (exact) mass is 321 g/mol. The van der Waals surface area contributed by atoms with E-state index in [1.165, 1.54) is 6.08 Å². The molecule has 6 nitrogen and oxygen atoms in total. The Labute approximate surface area is 136 Å². The van der Waals surface area contributed by atoms with Crippen molar-refractivity contribution in [2.24, 2.45) is 5.92 Å². The molecular weight excluding hydrogens is 298 g/mol. The van der Waals surface area contributed by atoms with Gasteiger partial charge in [-0.3, -0.25) is 4.79 Å². The third-order valence-electron chi connectivity index (χ3n) is 3.74. The number of hydrogen-bond acceptors (Lipinski definition) is 5. The standard InChI is InChI=1S/C17H23NO5/c1-4-14(19)18-11-9-13(10-12-18)7-8-17(22-15(20)5-2)23-16(21)6-3/h4-6,13,17H,1-3,7-12H2. The molecule has 1 rings (SSSR count). The van der Waals surface area contributed by atoms with E-state index in [0.717, 1.165) is 31.4 Å². The van der Waals surface area contributed by atoms with E-state index in [1.807, 2.05) is 0 Å². The molecule has 0 aromatic rings. The quantitative estimate of drug-likeness (QED) is 0.388. The maximum absolute atomic E-state index is 11.5. The third-order valence-corrected chi connectivity index (χ3v) is 3.74. The summed E-state index contributed by atoms with van der Waals surface area (Å²) in [4.78, 5) is 35.8. The van der Waals surface area contributed by atoms with Crippen LogP contribution in [0, 0.1) is 5.92 Å².